The molecule has 0 radical (unpaired) electrons. The van der Waals surface area contributed by atoms with Crippen LogP contribution in [-0.2, 0) is 4.79 Å². The van der Waals surface area contributed by atoms with Crippen molar-refractivity contribution in [2.24, 2.45) is 5.41 Å². The molecule has 0 saturated carbocycles. The molecular formula is C6H10F2O. The first-order valence-electron chi connectivity index (χ1n) is 2.65. The number of halogens is 2. The Morgan fingerprint density at radius 2 is 1.56 bits per heavy atom. The minimum atomic E-state index is -2.92. The summed E-state index contributed by atoms with van der Waals surface area (Å²) in [4.78, 5) is 9.99. The minimum absolute atomic E-state index is 0.271. The van der Waals surface area contributed by atoms with Gasteiger partial charge in [-0.05, 0) is 13.8 Å². The number of carbonyl (C=O) groups excluding carboxylic acids is 1. The van der Waals surface area contributed by atoms with Gasteiger partial charge in [0, 0.05) is 6.92 Å². The van der Waals surface area contributed by atoms with Crippen molar-refractivity contribution in [3.63, 3.8) is 0 Å². The fourth-order valence-corrected chi connectivity index (χ4v) is 0.103. The Balaban J connectivity index is 4.32. The fourth-order valence-electron chi connectivity index (χ4n) is 0.103. The Labute approximate surface area is 53.1 Å². The molecule has 0 rings (SSSR count). The van der Waals surface area contributed by atoms with Crippen molar-refractivity contribution >= 4 is 6.29 Å². The summed E-state index contributed by atoms with van der Waals surface area (Å²) >= 11 is 0. The van der Waals surface area contributed by atoms with E-state index in [1.807, 2.05) is 0 Å². The third-order valence-corrected chi connectivity index (χ3v) is 1.43. The smallest absolute Gasteiger partial charge is 0.256 e. The molecule has 0 unspecified atom stereocenters. The van der Waals surface area contributed by atoms with Crippen LogP contribution in [0.5, 0.6) is 0 Å². The highest BCUT2D eigenvalue weighted by molar-refractivity contribution is 5.59. The lowest BCUT2D eigenvalue weighted by atomic mass is 9.89. The number of hydrogen-bond donors (Lipinski definition) is 0. The number of alkyl halides is 2. The molecule has 0 aromatic rings. The van der Waals surface area contributed by atoms with Gasteiger partial charge in [0.25, 0.3) is 5.92 Å². The molecule has 0 aliphatic heterocycles. The SMILES string of the molecule is CC(F)(F)C(C)(C)C=O. The molecule has 0 N–H and O–H groups in total. The Morgan fingerprint density at radius 1 is 1.22 bits per heavy atom. The summed E-state index contributed by atoms with van der Waals surface area (Å²) in [6.07, 6.45) is 0.271. The van der Waals surface area contributed by atoms with Crippen LogP contribution in [0.2, 0.25) is 0 Å². The van der Waals surface area contributed by atoms with Gasteiger partial charge in [-0.3, -0.25) is 0 Å². The molecule has 1 nitrogen and oxygen atoms in total. The molecule has 0 bridgehead atoms. The second-order valence-corrected chi connectivity index (χ2v) is 2.73. The van der Waals surface area contributed by atoms with Gasteiger partial charge in [-0.25, -0.2) is 8.78 Å². The van der Waals surface area contributed by atoms with E-state index in [-0.39, 0.29) is 6.29 Å². The number of rotatable bonds is 2. The van der Waals surface area contributed by atoms with E-state index in [1.54, 1.807) is 0 Å². The average Bonchev–Trinajstić information content (AvgIpc) is 1.64. The molecule has 54 valence electrons. The Hall–Kier alpha value is -0.470. The summed E-state index contributed by atoms with van der Waals surface area (Å²) in [5, 5.41) is 0. The maximum atomic E-state index is 12.3. The monoisotopic (exact) mass is 136 g/mol. The predicted octanol–water partition coefficient (Wildman–Crippen LogP) is 1.87. The van der Waals surface area contributed by atoms with Crippen LogP contribution >= 0.6 is 0 Å². The van der Waals surface area contributed by atoms with E-state index < -0.39 is 11.3 Å². The number of carbonyl (C=O) groups is 1. The van der Waals surface area contributed by atoms with Crippen LogP contribution in [0.15, 0.2) is 0 Å². The molecule has 0 aromatic carbocycles. The molecule has 0 aliphatic carbocycles. The molecule has 0 heterocycles. The largest absolute Gasteiger partial charge is 0.303 e. The zero-order chi connectivity index (χ0) is 7.71. The first-order chi connectivity index (χ1) is 3.81. The molecule has 0 fully saturated rings. The second kappa shape index (κ2) is 2.05. The maximum absolute atomic E-state index is 12.3. The summed E-state index contributed by atoms with van der Waals surface area (Å²) in [5.74, 6) is -2.92. The molecule has 0 aliphatic rings. The molecule has 9 heavy (non-hydrogen) atoms. The summed E-state index contributed by atoms with van der Waals surface area (Å²) in [7, 11) is 0. The second-order valence-electron chi connectivity index (χ2n) is 2.73. The highest BCUT2D eigenvalue weighted by Gasteiger charge is 2.41. The normalized spacial score (nSPS) is 13.4. The van der Waals surface area contributed by atoms with Gasteiger partial charge in [-0.2, -0.15) is 0 Å². The zero-order valence-corrected chi connectivity index (χ0v) is 5.74. The zero-order valence-electron chi connectivity index (χ0n) is 5.74. The Bertz CT molecular complexity index is 113. The predicted molar refractivity (Wildman–Crippen MR) is 30.5 cm³/mol. The summed E-state index contributed by atoms with van der Waals surface area (Å²) < 4.78 is 24.5. The van der Waals surface area contributed by atoms with Gasteiger partial charge in [-0.1, -0.05) is 0 Å². The van der Waals surface area contributed by atoms with Crippen molar-refractivity contribution in [3.05, 3.63) is 0 Å². The van der Waals surface area contributed by atoms with Crippen molar-refractivity contribution in [1.82, 2.24) is 0 Å². The first-order valence-corrected chi connectivity index (χ1v) is 2.65. The van der Waals surface area contributed by atoms with Crippen LogP contribution in [0.25, 0.3) is 0 Å². The van der Waals surface area contributed by atoms with Crippen molar-refractivity contribution in [2.45, 2.75) is 26.7 Å². The van der Waals surface area contributed by atoms with Gasteiger partial charge in [0.15, 0.2) is 0 Å². The first kappa shape index (κ1) is 8.53. The molecule has 0 saturated heterocycles. The lowest BCUT2D eigenvalue weighted by Gasteiger charge is -2.24. The standard InChI is InChI=1S/C6H10F2O/c1-5(2,4-9)6(3,7)8/h4H,1-3H3. The Morgan fingerprint density at radius 3 is 1.56 bits per heavy atom. The third-order valence-electron chi connectivity index (χ3n) is 1.43. The molecule has 3 heteroatoms. The summed E-state index contributed by atoms with van der Waals surface area (Å²) in [6, 6.07) is 0. The Kier molecular flexibility index (Phi) is 1.94. The van der Waals surface area contributed by atoms with Crippen molar-refractivity contribution in [2.75, 3.05) is 0 Å². The van der Waals surface area contributed by atoms with Crippen LogP contribution in [-0.4, -0.2) is 12.2 Å². The highest BCUT2D eigenvalue weighted by Crippen LogP contribution is 2.33. The van der Waals surface area contributed by atoms with Crippen molar-refractivity contribution in [3.8, 4) is 0 Å². The topological polar surface area (TPSA) is 17.1 Å². The molecule has 0 amide bonds. The lowest BCUT2D eigenvalue weighted by Crippen LogP contribution is -2.34. The van der Waals surface area contributed by atoms with E-state index in [2.05, 4.69) is 0 Å². The van der Waals surface area contributed by atoms with Crippen LogP contribution in [0, 0.1) is 5.41 Å². The molecular weight excluding hydrogens is 126 g/mol. The molecule has 0 spiro atoms. The summed E-state index contributed by atoms with van der Waals surface area (Å²) in [5.41, 5.74) is -1.53. The number of aldehydes is 1. The maximum Gasteiger partial charge on any atom is 0.256 e. The molecule has 0 aromatic heterocycles. The van der Waals surface area contributed by atoms with Gasteiger partial charge in [0.2, 0.25) is 0 Å². The van der Waals surface area contributed by atoms with Gasteiger partial charge >= 0.3 is 0 Å². The number of hydrogen-bond acceptors (Lipinski definition) is 1. The summed E-state index contributed by atoms with van der Waals surface area (Å²) in [6.45, 7) is 3.15. The van der Waals surface area contributed by atoms with Crippen LogP contribution in [0.1, 0.15) is 20.8 Å². The third kappa shape index (κ3) is 1.73. The quantitative estimate of drug-likeness (QED) is 0.529. The van der Waals surface area contributed by atoms with Crippen molar-refractivity contribution < 1.29 is 13.6 Å². The van der Waals surface area contributed by atoms with E-state index in [0.717, 1.165) is 6.92 Å². The minimum Gasteiger partial charge on any atom is -0.303 e. The van der Waals surface area contributed by atoms with E-state index in [4.69, 9.17) is 0 Å². The van der Waals surface area contributed by atoms with Gasteiger partial charge in [0.05, 0.1) is 5.41 Å². The van der Waals surface area contributed by atoms with Gasteiger partial charge in [-0.15, -0.1) is 0 Å². The highest BCUT2D eigenvalue weighted by atomic mass is 19.3. The van der Waals surface area contributed by atoms with E-state index in [9.17, 15) is 13.6 Å². The lowest BCUT2D eigenvalue weighted by molar-refractivity contribution is -0.135. The van der Waals surface area contributed by atoms with Gasteiger partial charge < -0.3 is 4.79 Å². The van der Waals surface area contributed by atoms with Gasteiger partial charge in [0.1, 0.15) is 6.29 Å². The van der Waals surface area contributed by atoms with Crippen LogP contribution in [0.3, 0.4) is 0 Å². The van der Waals surface area contributed by atoms with E-state index >= 15 is 0 Å². The van der Waals surface area contributed by atoms with Crippen molar-refractivity contribution in [1.29, 1.82) is 0 Å². The average molecular weight is 136 g/mol. The van der Waals surface area contributed by atoms with E-state index in [1.165, 1.54) is 13.8 Å². The van der Waals surface area contributed by atoms with Crippen LogP contribution < -0.4 is 0 Å². The van der Waals surface area contributed by atoms with Crippen LogP contribution in [0.4, 0.5) is 8.78 Å². The van der Waals surface area contributed by atoms with E-state index in [0.29, 0.717) is 0 Å². The molecule has 0 atom stereocenters. The fraction of sp³-hybridized carbons (Fsp3) is 0.833.